The van der Waals surface area contributed by atoms with Crippen molar-refractivity contribution in [1.82, 2.24) is 15.0 Å². The van der Waals surface area contributed by atoms with E-state index < -0.39 is 0 Å². The minimum absolute atomic E-state index is 0.677. The molecule has 0 bridgehead atoms. The molecule has 0 aliphatic heterocycles. The number of hydrogen-bond donors (Lipinski definition) is 0. The third kappa shape index (κ3) is 5.62. The van der Waals surface area contributed by atoms with Crippen molar-refractivity contribution in [2.24, 2.45) is 0 Å². The summed E-state index contributed by atoms with van der Waals surface area (Å²) >= 11 is 0. The van der Waals surface area contributed by atoms with E-state index >= 15 is 0 Å². The quantitative estimate of drug-likeness (QED) is 0.393. The van der Waals surface area contributed by atoms with Crippen molar-refractivity contribution in [2.45, 2.75) is 52.4 Å². The van der Waals surface area contributed by atoms with Crippen LogP contribution in [-0.4, -0.2) is 21.6 Å². The molecule has 3 aromatic rings. The van der Waals surface area contributed by atoms with Gasteiger partial charge in [-0.3, -0.25) is 0 Å². The first kappa shape index (κ1) is 20.0. The predicted molar refractivity (Wildman–Crippen MR) is 114 cm³/mol. The van der Waals surface area contributed by atoms with Crippen molar-refractivity contribution < 1.29 is 4.74 Å². The maximum absolute atomic E-state index is 5.86. The summed E-state index contributed by atoms with van der Waals surface area (Å²) < 4.78 is 5.86. The molecule has 0 amide bonds. The van der Waals surface area contributed by atoms with Crippen LogP contribution >= 0.6 is 0 Å². The van der Waals surface area contributed by atoms with E-state index in [4.69, 9.17) is 4.74 Å². The second kappa shape index (κ2) is 10.5. The van der Waals surface area contributed by atoms with E-state index in [1.54, 1.807) is 6.33 Å². The molecule has 0 radical (unpaired) electrons. The van der Waals surface area contributed by atoms with Crippen molar-refractivity contribution >= 4 is 0 Å². The fraction of sp³-hybridized carbons (Fsp3) is 0.375. The van der Waals surface area contributed by atoms with Gasteiger partial charge >= 0.3 is 0 Å². The number of aryl methyl sites for hydroxylation is 1. The molecule has 1 aromatic heterocycles. The predicted octanol–water partition coefficient (Wildman–Crippen LogP) is 6.25. The van der Waals surface area contributed by atoms with Gasteiger partial charge in [-0.2, -0.15) is 0 Å². The molecule has 1 heterocycles. The van der Waals surface area contributed by atoms with Crippen LogP contribution in [0.5, 0.6) is 5.75 Å². The van der Waals surface area contributed by atoms with Crippen LogP contribution in [0.15, 0.2) is 54.9 Å². The van der Waals surface area contributed by atoms with Crippen LogP contribution in [0.4, 0.5) is 0 Å². The molecule has 2 aromatic carbocycles. The highest BCUT2D eigenvalue weighted by atomic mass is 16.5. The normalized spacial score (nSPS) is 10.8. The van der Waals surface area contributed by atoms with Gasteiger partial charge in [0.05, 0.1) is 6.61 Å². The number of rotatable bonds is 10. The number of nitrogens with zero attached hydrogens (tertiary/aromatic N) is 3. The zero-order chi connectivity index (χ0) is 19.6. The van der Waals surface area contributed by atoms with E-state index in [-0.39, 0.29) is 0 Å². The van der Waals surface area contributed by atoms with Gasteiger partial charge in [0.15, 0.2) is 11.6 Å². The van der Waals surface area contributed by atoms with Crippen molar-refractivity contribution in [2.75, 3.05) is 6.61 Å². The van der Waals surface area contributed by atoms with Crippen LogP contribution in [0.25, 0.3) is 22.8 Å². The van der Waals surface area contributed by atoms with Crippen LogP contribution in [-0.2, 0) is 0 Å². The molecule has 0 spiro atoms. The minimum Gasteiger partial charge on any atom is -0.494 e. The van der Waals surface area contributed by atoms with E-state index in [2.05, 4.69) is 34.9 Å². The highest BCUT2D eigenvalue weighted by molar-refractivity contribution is 5.63. The maximum atomic E-state index is 5.86. The highest BCUT2D eigenvalue weighted by Gasteiger charge is 2.08. The fourth-order valence-corrected chi connectivity index (χ4v) is 3.16. The molecule has 4 nitrogen and oxygen atoms in total. The molecule has 0 fully saturated rings. The van der Waals surface area contributed by atoms with Gasteiger partial charge in [-0.1, -0.05) is 63.3 Å². The van der Waals surface area contributed by atoms with Crippen LogP contribution in [0.3, 0.4) is 0 Å². The Morgan fingerprint density at radius 1 is 0.786 bits per heavy atom. The molecule has 146 valence electrons. The van der Waals surface area contributed by atoms with Crippen LogP contribution in [0, 0.1) is 6.92 Å². The van der Waals surface area contributed by atoms with E-state index in [0.717, 1.165) is 35.5 Å². The number of hydrogen-bond acceptors (Lipinski definition) is 4. The summed E-state index contributed by atoms with van der Waals surface area (Å²) in [4.78, 5) is 13.3. The van der Waals surface area contributed by atoms with E-state index in [1.807, 2.05) is 42.5 Å². The molecule has 0 saturated carbocycles. The molecule has 0 N–H and O–H groups in total. The van der Waals surface area contributed by atoms with E-state index in [9.17, 15) is 0 Å². The lowest BCUT2D eigenvalue weighted by Gasteiger charge is -2.08. The minimum atomic E-state index is 0.677. The fourth-order valence-electron chi connectivity index (χ4n) is 3.16. The van der Waals surface area contributed by atoms with Gasteiger partial charge in [-0.25, -0.2) is 15.0 Å². The van der Waals surface area contributed by atoms with E-state index in [1.165, 1.54) is 32.1 Å². The lowest BCUT2D eigenvalue weighted by molar-refractivity contribution is 0.304. The number of unbranched alkanes of at least 4 members (excludes halogenated alkanes) is 5. The van der Waals surface area contributed by atoms with Crippen LogP contribution in [0.1, 0.15) is 51.0 Å². The third-order valence-corrected chi connectivity index (χ3v) is 4.84. The Hall–Kier alpha value is -2.75. The first-order valence-electron chi connectivity index (χ1n) is 10.3. The average Bonchev–Trinajstić information content (AvgIpc) is 2.74. The van der Waals surface area contributed by atoms with Crippen LogP contribution < -0.4 is 4.74 Å². The summed E-state index contributed by atoms with van der Waals surface area (Å²) in [7, 11) is 0. The summed E-state index contributed by atoms with van der Waals surface area (Å²) in [6.07, 6.45) is 9.19. The van der Waals surface area contributed by atoms with Gasteiger partial charge in [0.2, 0.25) is 0 Å². The molecular formula is C24H29N3O. The molecule has 28 heavy (non-hydrogen) atoms. The van der Waals surface area contributed by atoms with Gasteiger partial charge in [0.25, 0.3) is 0 Å². The Bertz CT molecular complexity index is 862. The summed E-state index contributed by atoms with van der Waals surface area (Å²) in [5, 5.41) is 0. The smallest absolute Gasteiger partial charge is 0.163 e. The molecule has 0 unspecified atom stereocenters. The topological polar surface area (TPSA) is 47.9 Å². The summed E-state index contributed by atoms with van der Waals surface area (Å²) in [6.45, 7) is 5.08. The zero-order valence-corrected chi connectivity index (χ0v) is 16.9. The number of benzene rings is 2. The molecule has 0 saturated heterocycles. The first-order chi connectivity index (χ1) is 13.8. The Morgan fingerprint density at radius 3 is 2.29 bits per heavy atom. The summed E-state index contributed by atoms with van der Waals surface area (Å²) in [5.41, 5.74) is 3.15. The van der Waals surface area contributed by atoms with Crippen molar-refractivity contribution in [1.29, 1.82) is 0 Å². The van der Waals surface area contributed by atoms with E-state index in [0.29, 0.717) is 11.6 Å². The first-order valence-corrected chi connectivity index (χ1v) is 10.3. The third-order valence-electron chi connectivity index (χ3n) is 4.84. The molecule has 0 aliphatic carbocycles. The average molecular weight is 376 g/mol. The molecule has 0 atom stereocenters. The lowest BCUT2D eigenvalue weighted by atomic mass is 10.1. The second-order valence-electron chi connectivity index (χ2n) is 7.09. The standard InChI is InChI=1S/C24H29N3O/c1-3-4-5-6-7-10-17-28-21-15-13-20(14-16-21)23-25-18-26-24(27-23)22-12-9-8-11-19(22)2/h8-9,11-16,18H,3-7,10,17H2,1-2H3. The number of ether oxygens (including phenoxy) is 1. The summed E-state index contributed by atoms with van der Waals surface area (Å²) in [6, 6.07) is 16.1. The second-order valence-corrected chi connectivity index (χ2v) is 7.09. The Labute approximate surface area is 168 Å². The molecule has 3 rings (SSSR count). The van der Waals surface area contributed by atoms with Gasteiger partial charge in [-0.05, 0) is 43.2 Å². The van der Waals surface area contributed by atoms with Crippen molar-refractivity contribution in [3.8, 4) is 28.5 Å². The Morgan fingerprint density at radius 2 is 1.50 bits per heavy atom. The maximum Gasteiger partial charge on any atom is 0.163 e. The monoisotopic (exact) mass is 375 g/mol. The van der Waals surface area contributed by atoms with Gasteiger partial charge in [-0.15, -0.1) is 0 Å². The van der Waals surface area contributed by atoms with Gasteiger partial charge in [0, 0.05) is 11.1 Å². The lowest BCUT2D eigenvalue weighted by Crippen LogP contribution is -1.98. The van der Waals surface area contributed by atoms with Crippen LogP contribution in [0.2, 0.25) is 0 Å². The van der Waals surface area contributed by atoms with Crippen molar-refractivity contribution in [3.05, 3.63) is 60.4 Å². The number of aromatic nitrogens is 3. The van der Waals surface area contributed by atoms with Gasteiger partial charge in [0.1, 0.15) is 12.1 Å². The SMILES string of the molecule is CCCCCCCCOc1ccc(-c2ncnc(-c3ccccc3C)n2)cc1. The largest absolute Gasteiger partial charge is 0.494 e. The zero-order valence-electron chi connectivity index (χ0n) is 16.9. The van der Waals surface area contributed by atoms with Gasteiger partial charge < -0.3 is 4.74 Å². The molecule has 0 aliphatic rings. The van der Waals surface area contributed by atoms with Crippen molar-refractivity contribution in [3.63, 3.8) is 0 Å². The highest BCUT2D eigenvalue weighted by Crippen LogP contribution is 2.23. The Kier molecular flexibility index (Phi) is 7.53. The molecular weight excluding hydrogens is 346 g/mol. The Balaban J connectivity index is 1.58. The molecule has 4 heteroatoms. The summed E-state index contributed by atoms with van der Waals surface area (Å²) in [5.74, 6) is 2.27.